The highest BCUT2D eigenvalue weighted by Gasteiger charge is 2.40. The van der Waals surface area contributed by atoms with Gasteiger partial charge in [0.25, 0.3) is 0 Å². The van der Waals surface area contributed by atoms with Crippen molar-refractivity contribution in [1.29, 1.82) is 0 Å². The Balaban J connectivity index is 0.000000170. The van der Waals surface area contributed by atoms with Gasteiger partial charge in [-0.05, 0) is 164 Å². The third-order valence-corrected chi connectivity index (χ3v) is 14.1. The number of nitrogens with one attached hydrogen (secondary N) is 3. The molecule has 0 saturated heterocycles. The first-order valence-electron chi connectivity index (χ1n) is 25.7. The fourth-order valence-electron chi connectivity index (χ4n) is 9.71. The molecule has 8 aromatic rings. The summed E-state index contributed by atoms with van der Waals surface area (Å²) in [6, 6.07) is 18.7. The molecule has 10 rings (SSSR count). The molecule has 2 fully saturated rings. The fraction of sp³-hybridized carbons (Fsp3) is 0.393. The van der Waals surface area contributed by atoms with Crippen LogP contribution < -0.4 is 11.1 Å². The molecule has 2 saturated carbocycles. The SMILES string of the molecule is C[C@H](N)c1ccc(-n2cc(F)cn2)nc1.Cc1cc(Cc2cc(C)[nH]n2)nc(C2(O)CCC(C(=O)N[C@@H](C)c3ccc(-n4cc(F)cn4)nc3)CC2)c1.Cc1cc(Cc2cc(C)[nH]n2)nc(C2(O)CCC(C(=O)O)CC2)c1. The number of aliphatic carboxylic acids is 1. The predicted octanol–water partition coefficient (Wildman–Crippen LogP) is 7.89. The van der Waals surface area contributed by atoms with E-state index in [9.17, 15) is 28.6 Å². The lowest BCUT2D eigenvalue weighted by molar-refractivity contribution is -0.145. The minimum atomic E-state index is -1.06. The number of carbonyl (C=O) groups is 2. The Hall–Kier alpha value is -7.88. The number of aliphatic hydroxyl groups is 2. The van der Waals surface area contributed by atoms with Crippen molar-refractivity contribution >= 4 is 11.9 Å². The number of carboxylic acid groups (broad SMARTS) is 1. The normalized spacial score (nSPS) is 20.0. The van der Waals surface area contributed by atoms with Crippen LogP contribution in [0.1, 0.15) is 145 Å². The zero-order valence-electron chi connectivity index (χ0n) is 44.1. The van der Waals surface area contributed by atoms with Gasteiger partial charge in [0, 0.05) is 60.0 Å². The van der Waals surface area contributed by atoms with E-state index in [-0.39, 0.29) is 35.6 Å². The van der Waals surface area contributed by atoms with Crippen molar-refractivity contribution in [1.82, 2.24) is 65.2 Å². The molecule has 1 amide bonds. The van der Waals surface area contributed by atoms with Gasteiger partial charge in [-0.25, -0.2) is 28.1 Å². The maximum atomic E-state index is 13.2. The van der Waals surface area contributed by atoms with Crippen molar-refractivity contribution < 1.29 is 33.7 Å². The van der Waals surface area contributed by atoms with E-state index >= 15 is 0 Å². The summed E-state index contributed by atoms with van der Waals surface area (Å²) in [7, 11) is 0. The summed E-state index contributed by atoms with van der Waals surface area (Å²) in [6.07, 6.45) is 13.2. The van der Waals surface area contributed by atoms with Crippen LogP contribution in [0.5, 0.6) is 0 Å². The summed E-state index contributed by atoms with van der Waals surface area (Å²) < 4.78 is 28.6. The highest BCUT2D eigenvalue weighted by atomic mass is 19.1. The number of nitrogens with two attached hydrogens (primary N) is 1. The number of H-pyrrole nitrogens is 2. The van der Waals surface area contributed by atoms with Crippen LogP contribution in [-0.2, 0) is 33.6 Å². The van der Waals surface area contributed by atoms with Gasteiger partial charge in [-0.1, -0.05) is 12.1 Å². The molecule has 0 aromatic carbocycles. The molecule has 8 heterocycles. The molecule has 8 aromatic heterocycles. The lowest BCUT2D eigenvalue weighted by Crippen LogP contribution is -2.39. The summed E-state index contributed by atoms with van der Waals surface area (Å²) in [5.41, 5.74) is 14.3. The summed E-state index contributed by atoms with van der Waals surface area (Å²) >= 11 is 0. The predicted molar refractivity (Wildman–Crippen MR) is 281 cm³/mol. The number of pyridine rings is 4. The number of carbonyl (C=O) groups excluding carboxylic acids is 1. The highest BCUT2D eigenvalue weighted by molar-refractivity contribution is 5.79. The molecule has 2 aliphatic carbocycles. The van der Waals surface area contributed by atoms with Gasteiger partial charge in [0.1, 0.15) is 11.2 Å². The third-order valence-electron chi connectivity index (χ3n) is 14.1. The van der Waals surface area contributed by atoms with Crippen molar-refractivity contribution in [3.63, 3.8) is 0 Å². The van der Waals surface area contributed by atoms with E-state index in [1.54, 1.807) is 24.5 Å². The molecule has 2 atom stereocenters. The van der Waals surface area contributed by atoms with Crippen molar-refractivity contribution in [3.8, 4) is 11.6 Å². The second-order valence-electron chi connectivity index (χ2n) is 20.6. The van der Waals surface area contributed by atoms with E-state index in [0.29, 0.717) is 87.2 Å². The number of rotatable bonds is 13. The van der Waals surface area contributed by atoms with Crippen LogP contribution in [0.4, 0.5) is 8.78 Å². The number of aromatic amines is 2. The maximum Gasteiger partial charge on any atom is 0.306 e. The van der Waals surface area contributed by atoms with Gasteiger partial charge in [0.15, 0.2) is 23.3 Å². The molecular weight excluding hydrogens is 987 g/mol. The first-order chi connectivity index (χ1) is 36.7. The van der Waals surface area contributed by atoms with Gasteiger partial charge in [-0.15, -0.1) is 0 Å². The standard InChI is InChI=1S/C28H32FN7O2.C18H23N3O3.C10H11FN4/c1-17-10-23(13-24-12-18(2)34-35-24)33-25(11-17)28(38)8-6-20(7-9-28)27(37)32-19(3)21-4-5-26(30-14-21)36-16-22(29)15-31-36;1-11-7-14(10-15-9-12(2)20-21-15)19-16(8-11)18(24)5-3-13(4-6-18)17(22)23;1-7(12)8-2-3-10(13-4-8)15-6-9(11)5-14-15/h4-5,10-12,14-16,19-20,38H,6-9,13H2,1-3H3,(H,32,37)(H,34,35);7-9,13,24H,3-6,10H2,1-2H3,(H,20,21)(H,22,23);2-7H,12H2,1H3/t19-,20?,28?;;7-/m0.0/s1. The summed E-state index contributed by atoms with van der Waals surface area (Å²) in [5, 5.41) is 56.8. The molecule has 0 radical (unpaired) electrons. The third kappa shape index (κ3) is 14.3. The van der Waals surface area contributed by atoms with Crippen LogP contribution in [0.3, 0.4) is 0 Å². The van der Waals surface area contributed by atoms with Crippen molar-refractivity contribution in [2.45, 2.75) is 129 Å². The van der Waals surface area contributed by atoms with E-state index in [4.69, 9.17) is 15.8 Å². The molecule has 0 bridgehead atoms. The van der Waals surface area contributed by atoms with Crippen LogP contribution >= 0.6 is 0 Å². The first-order valence-corrected chi connectivity index (χ1v) is 25.7. The van der Waals surface area contributed by atoms with Crippen LogP contribution in [0, 0.1) is 51.2 Å². The minimum Gasteiger partial charge on any atom is -0.481 e. The summed E-state index contributed by atoms with van der Waals surface area (Å²) in [6.45, 7) is 11.7. The first kappa shape index (κ1) is 55.4. The lowest BCUT2D eigenvalue weighted by Gasteiger charge is -2.35. The van der Waals surface area contributed by atoms with Gasteiger partial charge < -0.3 is 26.4 Å². The van der Waals surface area contributed by atoms with Crippen LogP contribution in [0.2, 0.25) is 0 Å². The quantitative estimate of drug-likeness (QED) is 0.0579. The molecular formula is C56H66F2N14O5. The second-order valence-corrected chi connectivity index (χ2v) is 20.6. The Labute approximate surface area is 444 Å². The molecule has 0 unspecified atom stereocenters. The average molecular weight is 1050 g/mol. The van der Waals surface area contributed by atoms with Crippen LogP contribution in [0.15, 0.2) is 97.8 Å². The van der Waals surface area contributed by atoms with E-state index in [0.717, 1.165) is 68.8 Å². The summed E-state index contributed by atoms with van der Waals surface area (Å²) in [4.78, 5) is 42.1. The van der Waals surface area contributed by atoms with E-state index in [1.165, 1.54) is 21.8 Å². The Bertz CT molecular complexity index is 3260. The van der Waals surface area contributed by atoms with Crippen molar-refractivity contribution in [2.75, 3.05) is 0 Å². The summed E-state index contributed by atoms with van der Waals surface area (Å²) in [5.74, 6) is -1.10. The molecule has 0 aliphatic heterocycles. The van der Waals surface area contributed by atoms with Crippen LogP contribution in [-0.4, -0.2) is 87.1 Å². The Morgan fingerprint density at radius 2 is 1.10 bits per heavy atom. The van der Waals surface area contributed by atoms with Crippen LogP contribution in [0.25, 0.3) is 11.6 Å². The van der Waals surface area contributed by atoms with E-state index in [1.807, 2.05) is 90.1 Å². The zero-order chi connectivity index (χ0) is 55.0. The van der Waals surface area contributed by atoms with Gasteiger partial charge in [-0.2, -0.15) is 20.4 Å². The number of amides is 1. The second kappa shape index (κ2) is 24.0. The smallest absolute Gasteiger partial charge is 0.306 e. The van der Waals surface area contributed by atoms with Gasteiger partial charge in [0.05, 0.1) is 59.5 Å². The molecule has 19 nitrogen and oxygen atoms in total. The number of aryl methyl sites for hydroxylation is 4. The maximum absolute atomic E-state index is 13.2. The van der Waals surface area contributed by atoms with Gasteiger partial charge in [0.2, 0.25) is 5.91 Å². The molecule has 404 valence electrons. The number of hydrogen-bond donors (Lipinski definition) is 7. The largest absolute Gasteiger partial charge is 0.481 e. The van der Waals surface area contributed by atoms with Crippen molar-refractivity contribution in [2.24, 2.45) is 17.6 Å². The molecule has 77 heavy (non-hydrogen) atoms. The monoisotopic (exact) mass is 1050 g/mol. The number of nitrogens with zero attached hydrogens (tertiary/aromatic N) is 10. The molecule has 0 spiro atoms. The Morgan fingerprint density at radius 1 is 0.662 bits per heavy atom. The minimum absolute atomic E-state index is 0.0374. The highest BCUT2D eigenvalue weighted by Crippen LogP contribution is 2.41. The topological polar surface area (TPSA) is 277 Å². The zero-order valence-corrected chi connectivity index (χ0v) is 44.1. The van der Waals surface area contributed by atoms with Gasteiger partial charge >= 0.3 is 5.97 Å². The number of aromatic nitrogens is 12. The van der Waals surface area contributed by atoms with Crippen molar-refractivity contribution in [3.05, 3.63) is 177 Å². The Kier molecular flexibility index (Phi) is 17.2. The molecule has 21 heteroatoms. The van der Waals surface area contributed by atoms with E-state index < -0.39 is 23.0 Å². The average Bonchev–Trinajstić information content (AvgIpc) is 4.24. The lowest BCUT2D eigenvalue weighted by atomic mass is 9.76. The van der Waals surface area contributed by atoms with Gasteiger partial charge in [-0.3, -0.25) is 29.8 Å². The Morgan fingerprint density at radius 3 is 1.47 bits per heavy atom. The number of halogens is 2. The number of carboxylic acids is 1. The number of hydrogen-bond acceptors (Lipinski definition) is 13. The van der Waals surface area contributed by atoms with E-state index in [2.05, 4.69) is 50.9 Å². The fourth-order valence-corrected chi connectivity index (χ4v) is 9.71. The molecule has 8 N–H and O–H groups in total. The molecule has 2 aliphatic rings.